The molecule has 0 saturated carbocycles. The quantitative estimate of drug-likeness (QED) is 0.539. The summed E-state index contributed by atoms with van der Waals surface area (Å²) < 4.78 is 13.5. The molecular weight excluding hydrogens is 191 g/mol. The molecule has 0 heterocycles. The van der Waals surface area contributed by atoms with Crippen LogP contribution in [0.3, 0.4) is 0 Å². The number of halogens is 1. The molecule has 0 atom stereocenters. The maximum absolute atomic E-state index is 12.7. The van der Waals surface area contributed by atoms with Gasteiger partial charge >= 0.3 is 0 Å². The van der Waals surface area contributed by atoms with Crippen molar-refractivity contribution in [3.8, 4) is 11.1 Å². The first kappa shape index (κ1) is 7.95. The van der Waals surface area contributed by atoms with Crippen molar-refractivity contribution in [3.63, 3.8) is 0 Å². The Labute approximate surface area is 80.1 Å². The van der Waals surface area contributed by atoms with Crippen LogP contribution in [-0.2, 0) is 0 Å². The van der Waals surface area contributed by atoms with Crippen LogP contribution < -0.4 is 0 Å². The predicted octanol–water partition coefficient (Wildman–Crippen LogP) is 3.39. The van der Waals surface area contributed by atoms with E-state index in [0.717, 1.165) is 20.5 Å². The van der Waals surface area contributed by atoms with E-state index in [9.17, 15) is 4.39 Å². The molecule has 0 aliphatic heterocycles. The summed E-state index contributed by atoms with van der Waals surface area (Å²) in [6.07, 6.45) is 0. The summed E-state index contributed by atoms with van der Waals surface area (Å²) in [4.78, 5) is 0.815. The normalized spacial score (nSPS) is 10.8. The van der Waals surface area contributed by atoms with Crippen molar-refractivity contribution in [3.05, 3.63) is 34.6 Å². The van der Waals surface area contributed by atoms with Gasteiger partial charge in [-0.05, 0) is 17.7 Å². The Bertz CT molecular complexity index is 439. The van der Waals surface area contributed by atoms with Crippen molar-refractivity contribution in [2.75, 3.05) is 0 Å². The fourth-order valence-corrected chi connectivity index (χ4v) is 1.72. The minimum absolute atomic E-state index is 0.240. The van der Waals surface area contributed by atoms with Crippen molar-refractivity contribution < 1.29 is 4.39 Å². The Morgan fingerprint density at radius 3 is 2.50 bits per heavy atom. The molecule has 0 aliphatic carbocycles. The molecule has 0 spiro atoms. The lowest BCUT2D eigenvalue weighted by Crippen LogP contribution is -1.72. The Balaban J connectivity index is 2.50. The van der Waals surface area contributed by atoms with E-state index in [0.29, 0.717) is 0 Å². The van der Waals surface area contributed by atoms with Gasteiger partial charge in [-0.15, -0.1) is 12.6 Å². The van der Waals surface area contributed by atoms with E-state index >= 15 is 0 Å². The molecule has 0 bridgehead atoms. The first-order valence-electron chi connectivity index (χ1n) is 3.44. The second kappa shape index (κ2) is 2.68. The Kier molecular flexibility index (Phi) is 1.77. The maximum atomic E-state index is 12.7. The zero-order valence-corrected chi connectivity index (χ0v) is 7.75. The molecule has 0 aliphatic rings. The van der Waals surface area contributed by atoms with Gasteiger partial charge in [0.2, 0.25) is 0 Å². The van der Waals surface area contributed by atoms with Crippen LogP contribution in [0.2, 0.25) is 0 Å². The fourth-order valence-electron chi connectivity index (χ4n) is 1.07. The number of benzene rings is 1. The van der Waals surface area contributed by atoms with Crippen LogP contribution in [0.1, 0.15) is 0 Å². The fraction of sp³-hybridized carbons (Fsp3) is 0. The predicted molar refractivity (Wildman–Crippen MR) is 52.3 cm³/mol. The summed E-state index contributed by atoms with van der Waals surface area (Å²) in [6, 6.07) is 6.37. The average molecular weight is 196 g/mol. The van der Waals surface area contributed by atoms with Gasteiger partial charge in [0.15, 0.2) is 0 Å². The summed E-state index contributed by atoms with van der Waals surface area (Å²) in [5.41, 5.74) is 1.73. The number of hydrogen-bond acceptors (Lipinski definition) is 2. The third kappa shape index (κ3) is 1.19. The van der Waals surface area contributed by atoms with Gasteiger partial charge in [-0.2, -0.15) is 0 Å². The lowest BCUT2D eigenvalue weighted by molar-refractivity contribution is 0.628. The third-order valence-electron chi connectivity index (χ3n) is 1.73. The van der Waals surface area contributed by atoms with Gasteiger partial charge in [0.25, 0.3) is 0 Å². The van der Waals surface area contributed by atoms with E-state index in [-0.39, 0.29) is 5.82 Å². The maximum Gasteiger partial charge on any atom is 0.123 e. The van der Waals surface area contributed by atoms with E-state index < -0.39 is 0 Å². The van der Waals surface area contributed by atoms with E-state index in [1.54, 1.807) is 6.07 Å². The van der Waals surface area contributed by atoms with E-state index in [2.05, 4.69) is 12.6 Å². The van der Waals surface area contributed by atoms with Crippen molar-refractivity contribution in [2.45, 2.75) is 4.90 Å². The summed E-state index contributed by atoms with van der Waals surface area (Å²) in [7, 11) is 0. The van der Waals surface area contributed by atoms with Gasteiger partial charge in [0.05, 0.1) is 4.51 Å². The highest BCUT2D eigenvalue weighted by atomic mass is 32.1. The van der Waals surface area contributed by atoms with E-state index in [1.165, 1.54) is 12.1 Å². The van der Waals surface area contributed by atoms with Crippen LogP contribution in [0.4, 0.5) is 4.39 Å². The van der Waals surface area contributed by atoms with Gasteiger partial charge in [0.1, 0.15) is 5.82 Å². The molecule has 0 nitrogen and oxygen atoms in total. The molecule has 0 radical (unpaired) electrons. The number of hydrogen-bond donors (Lipinski definition) is 1. The van der Waals surface area contributed by atoms with Crippen LogP contribution in [0, 0.1) is 10.3 Å². The van der Waals surface area contributed by atoms with Crippen LogP contribution >= 0.6 is 24.8 Å². The number of rotatable bonds is 1. The molecule has 0 aromatic heterocycles. The summed E-state index contributed by atoms with van der Waals surface area (Å²) in [5.74, 6) is -0.240. The molecule has 12 heavy (non-hydrogen) atoms. The van der Waals surface area contributed by atoms with Crippen molar-refractivity contribution in [2.24, 2.45) is 0 Å². The topological polar surface area (TPSA) is 0 Å². The first-order valence-corrected chi connectivity index (χ1v) is 4.29. The molecular formula is C9H5FS2. The molecule has 3 heteroatoms. The highest BCUT2D eigenvalue weighted by Gasteiger charge is 2.16. The Morgan fingerprint density at radius 1 is 1.33 bits per heavy atom. The summed E-state index contributed by atoms with van der Waals surface area (Å²) in [6.45, 7) is 0. The van der Waals surface area contributed by atoms with Gasteiger partial charge in [-0.1, -0.05) is 24.4 Å². The average Bonchev–Trinajstić information content (AvgIpc) is 2.60. The van der Waals surface area contributed by atoms with Crippen molar-refractivity contribution in [1.29, 1.82) is 0 Å². The minimum atomic E-state index is -0.240. The first-order chi connectivity index (χ1) is 5.70. The van der Waals surface area contributed by atoms with Crippen LogP contribution in [0.15, 0.2) is 29.2 Å². The smallest absolute Gasteiger partial charge is 0.123 e. The lowest BCUT2D eigenvalue weighted by atomic mass is 10.2. The molecule has 2 aromatic rings. The monoisotopic (exact) mass is 196 g/mol. The zero-order valence-electron chi connectivity index (χ0n) is 6.04. The van der Waals surface area contributed by atoms with Crippen molar-refractivity contribution in [1.82, 2.24) is 0 Å². The molecule has 0 fully saturated rings. The van der Waals surface area contributed by atoms with E-state index in [4.69, 9.17) is 12.2 Å². The molecule has 2 rings (SSSR count). The zero-order chi connectivity index (χ0) is 8.72. The van der Waals surface area contributed by atoms with Gasteiger partial charge in [0, 0.05) is 10.5 Å². The van der Waals surface area contributed by atoms with E-state index in [1.807, 2.05) is 6.07 Å². The highest BCUT2D eigenvalue weighted by molar-refractivity contribution is 7.81. The molecule has 0 saturated heterocycles. The highest BCUT2D eigenvalue weighted by Crippen LogP contribution is 2.38. The molecule has 0 N–H and O–H groups in total. The van der Waals surface area contributed by atoms with Gasteiger partial charge in [-0.25, -0.2) is 4.39 Å². The Morgan fingerprint density at radius 2 is 2.00 bits per heavy atom. The van der Waals surface area contributed by atoms with Crippen molar-refractivity contribution >= 4 is 24.8 Å². The van der Waals surface area contributed by atoms with Crippen LogP contribution in [0.25, 0.3) is 11.1 Å². The van der Waals surface area contributed by atoms with Crippen LogP contribution in [0.5, 0.6) is 0 Å². The second-order valence-electron chi connectivity index (χ2n) is 2.56. The molecule has 0 amide bonds. The van der Waals surface area contributed by atoms with Crippen LogP contribution in [-0.4, -0.2) is 0 Å². The SMILES string of the molecule is Fc1cccc(-c2c(S)c2=S)c1. The van der Waals surface area contributed by atoms with Gasteiger partial charge < -0.3 is 0 Å². The lowest BCUT2D eigenvalue weighted by Gasteiger charge is -1.91. The molecule has 60 valence electrons. The second-order valence-corrected chi connectivity index (χ2v) is 3.42. The molecule has 2 aromatic carbocycles. The van der Waals surface area contributed by atoms with Gasteiger partial charge in [-0.3, -0.25) is 0 Å². The standard InChI is InChI=1S/C9H5FS2/c10-6-3-1-2-5(4-6)7-8(11)9(7)12/h1-4,11H. The summed E-state index contributed by atoms with van der Waals surface area (Å²) in [5, 5.41) is 0. The number of thiol groups is 1. The minimum Gasteiger partial charge on any atom is -0.207 e. The largest absolute Gasteiger partial charge is 0.207 e. The molecule has 0 unspecified atom stereocenters. The Hall–Kier alpha value is -0.670. The summed E-state index contributed by atoms with van der Waals surface area (Å²) >= 11 is 9.07. The third-order valence-corrected chi connectivity index (χ3v) is 2.74.